The molecule has 0 bridgehead atoms. The zero-order valence-corrected chi connectivity index (χ0v) is 9.86. The molecule has 82 valence electrons. The maximum atomic E-state index is 5.29. The van der Waals surface area contributed by atoms with E-state index in [2.05, 4.69) is 15.1 Å². The first kappa shape index (κ1) is 10.9. The molecular weight excluding hydrogens is 222 g/mol. The van der Waals surface area contributed by atoms with Gasteiger partial charge >= 0.3 is 0 Å². The van der Waals surface area contributed by atoms with Gasteiger partial charge in [-0.1, -0.05) is 17.3 Å². The van der Waals surface area contributed by atoms with Crippen LogP contribution in [0.5, 0.6) is 5.88 Å². The normalized spacial score (nSPS) is 11.8. The number of benzene rings is 1. The quantitative estimate of drug-likeness (QED) is 0.454. The first-order valence-corrected chi connectivity index (χ1v) is 5.99. The third-order valence-electron chi connectivity index (χ3n) is 2.06. The molecule has 0 aliphatic rings. The molecule has 0 radical (unpaired) electrons. The molecule has 0 atom stereocenters. The Balaban J connectivity index is 2.37. The number of fused-ring (bicyclic) bond motifs is 1. The minimum atomic E-state index is 0.485. The summed E-state index contributed by atoms with van der Waals surface area (Å²) in [6.07, 6.45) is 3.42. The predicted molar refractivity (Wildman–Crippen MR) is 66.8 cm³/mol. The summed E-state index contributed by atoms with van der Waals surface area (Å²) in [6.45, 7) is 1.88. The van der Waals surface area contributed by atoms with E-state index in [4.69, 9.17) is 4.84 Å². The van der Waals surface area contributed by atoms with E-state index in [1.807, 2.05) is 37.4 Å². The highest BCUT2D eigenvalue weighted by atomic mass is 32.2. The molecule has 0 saturated heterocycles. The molecule has 1 aromatic heterocycles. The standard InChI is InChI=1S/C11H11N3OS/c1-8(16-2)14-15-11-9-5-3-4-6-10(9)12-7-13-11/h3-7H,1-2H3/b14-8-. The lowest BCUT2D eigenvalue weighted by atomic mass is 10.2. The Hall–Kier alpha value is -1.62. The van der Waals surface area contributed by atoms with Gasteiger partial charge in [-0.25, -0.2) is 4.98 Å². The van der Waals surface area contributed by atoms with Crippen LogP contribution in [-0.2, 0) is 0 Å². The van der Waals surface area contributed by atoms with Gasteiger partial charge in [0.2, 0.25) is 0 Å². The summed E-state index contributed by atoms with van der Waals surface area (Å²) in [5.41, 5.74) is 0.851. The van der Waals surface area contributed by atoms with Gasteiger partial charge < -0.3 is 4.84 Å². The summed E-state index contributed by atoms with van der Waals surface area (Å²) in [6, 6.07) is 7.67. The molecule has 4 nitrogen and oxygen atoms in total. The lowest BCUT2D eigenvalue weighted by molar-refractivity contribution is 0.333. The molecule has 0 spiro atoms. The summed E-state index contributed by atoms with van der Waals surface area (Å²) in [5.74, 6) is 0.485. The van der Waals surface area contributed by atoms with E-state index in [1.54, 1.807) is 0 Å². The number of rotatable bonds is 2. The molecule has 0 saturated carbocycles. The van der Waals surface area contributed by atoms with E-state index in [1.165, 1.54) is 18.1 Å². The minimum Gasteiger partial charge on any atom is -0.335 e. The molecule has 0 amide bonds. The number of oxime groups is 1. The van der Waals surface area contributed by atoms with Crippen LogP contribution >= 0.6 is 11.8 Å². The Morgan fingerprint density at radius 1 is 1.31 bits per heavy atom. The molecule has 2 aromatic rings. The van der Waals surface area contributed by atoms with Crippen LogP contribution in [0.4, 0.5) is 0 Å². The van der Waals surface area contributed by atoms with E-state index in [0.717, 1.165) is 15.9 Å². The van der Waals surface area contributed by atoms with Gasteiger partial charge in [0.15, 0.2) is 0 Å². The Morgan fingerprint density at radius 3 is 2.94 bits per heavy atom. The maximum absolute atomic E-state index is 5.29. The van der Waals surface area contributed by atoms with Crippen molar-refractivity contribution in [3.05, 3.63) is 30.6 Å². The zero-order chi connectivity index (χ0) is 11.4. The third kappa shape index (κ3) is 2.30. The molecule has 0 N–H and O–H groups in total. The number of thioether (sulfide) groups is 1. The van der Waals surface area contributed by atoms with Crippen LogP contribution in [0.2, 0.25) is 0 Å². The molecule has 0 aliphatic carbocycles. The molecule has 0 aliphatic heterocycles. The first-order chi connectivity index (χ1) is 7.81. The van der Waals surface area contributed by atoms with Gasteiger partial charge in [-0.3, -0.25) is 0 Å². The van der Waals surface area contributed by atoms with Crippen molar-refractivity contribution in [2.75, 3.05) is 6.26 Å². The molecular formula is C11H11N3OS. The van der Waals surface area contributed by atoms with Crippen molar-refractivity contribution in [2.24, 2.45) is 5.16 Å². The Bertz CT molecular complexity index is 522. The molecule has 0 unspecified atom stereocenters. The fourth-order valence-corrected chi connectivity index (χ4v) is 1.31. The van der Waals surface area contributed by atoms with Crippen molar-refractivity contribution < 1.29 is 4.84 Å². The van der Waals surface area contributed by atoms with Crippen LogP contribution in [0.25, 0.3) is 10.9 Å². The summed E-state index contributed by atoms with van der Waals surface area (Å²) >= 11 is 1.53. The summed E-state index contributed by atoms with van der Waals surface area (Å²) in [5, 5.41) is 5.67. The van der Waals surface area contributed by atoms with Crippen LogP contribution in [-0.4, -0.2) is 21.3 Å². The highest BCUT2D eigenvalue weighted by Gasteiger charge is 2.03. The second kappa shape index (κ2) is 4.94. The van der Waals surface area contributed by atoms with E-state index < -0.39 is 0 Å². The van der Waals surface area contributed by atoms with Crippen molar-refractivity contribution in [3.8, 4) is 5.88 Å². The van der Waals surface area contributed by atoms with Crippen molar-refractivity contribution >= 4 is 27.7 Å². The highest BCUT2D eigenvalue weighted by Crippen LogP contribution is 2.20. The van der Waals surface area contributed by atoms with Crippen LogP contribution in [0.3, 0.4) is 0 Å². The van der Waals surface area contributed by atoms with Gasteiger partial charge in [-0.2, -0.15) is 4.98 Å². The second-order valence-electron chi connectivity index (χ2n) is 3.10. The molecule has 1 aromatic carbocycles. The molecule has 0 fully saturated rings. The smallest absolute Gasteiger partial charge is 0.259 e. The van der Waals surface area contributed by atoms with Gasteiger partial charge in [0, 0.05) is 0 Å². The zero-order valence-electron chi connectivity index (χ0n) is 9.04. The average Bonchev–Trinajstić information content (AvgIpc) is 2.35. The van der Waals surface area contributed by atoms with Crippen LogP contribution in [0.1, 0.15) is 6.92 Å². The number of nitrogens with zero attached hydrogens (tertiary/aromatic N) is 3. The topological polar surface area (TPSA) is 47.4 Å². The van der Waals surface area contributed by atoms with E-state index in [0.29, 0.717) is 5.88 Å². The maximum Gasteiger partial charge on any atom is 0.259 e. The van der Waals surface area contributed by atoms with Crippen molar-refractivity contribution in [1.82, 2.24) is 9.97 Å². The Morgan fingerprint density at radius 2 is 2.12 bits per heavy atom. The fraction of sp³-hybridized carbons (Fsp3) is 0.182. The second-order valence-corrected chi connectivity index (χ2v) is 4.10. The SMILES string of the molecule is CS/C(C)=N\Oc1ncnc2ccccc12. The summed E-state index contributed by atoms with van der Waals surface area (Å²) in [4.78, 5) is 13.5. The van der Waals surface area contributed by atoms with E-state index >= 15 is 0 Å². The first-order valence-electron chi connectivity index (χ1n) is 4.76. The van der Waals surface area contributed by atoms with Crippen molar-refractivity contribution in [3.63, 3.8) is 0 Å². The average molecular weight is 233 g/mol. The lowest BCUT2D eigenvalue weighted by Gasteiger charge is -2.02. The van der Waals surface area contributed by atoms with Gasteiger partial charge in [0.05, 0.1) is 10.9 Å². The number of hydrogen-bond donors (Lipinski definition) is 0. The van der Waals surface area contributed by atoms with Gasteiger partial charge in [0.1, 0.15) is 11.4 Å². The van der Waals surface area contributed by atoms with Crippen LogP contribution in [0.15, 0.2) is 35.7 Å². The molecule has 16 heavy (non-hydrogen) atoms. The van der Waals surface area contributed by atoms with Gasteiger partial charge in [-0.05, 0) is 25.3 Å². The molecule has 5 heteroatoms. The number of aromatic nitrogens is 2. The van der Waals surface area contributed by atoms with Crippen molar-refractivity contribution in [1.29, 1.82) is 0 Å². The Kier molecular flexibility index (Phi) is 3.36. The largest absolute Gasteiger partial charge is 0.335 e. The van der Waals surface area contributed by atoms with E-state index in [-0.39, 0.29) is 0 Å². The summed E-state index contributed by atoms with van der Waals surface area (Å²) < 4.78 is 0. The van der Waals surface area contributed by atoms with Gasteiger partial charge in [0.25, 0.3) is 5.88 Å². The highest BCUT2D eigenvalue weighted by molar-refractivity contribution is 8.13. The third-order valence-corrected chi connectivity index (χ3v) is 2.73. The van der Waals surface area contributed by atoms with Crippen LogP contribution < -0.4 is 4.84 Å². The molecule has 2 rings (SSSR count). The number of para-hydroxylation sites is 1. The monoisotopic (exact) mass is 233 g/mol. The van der Waals surface area contributed by atoms with Crippen molar-refractivity contribution in [2.45, 2.75) is 6.92 Å². The molecule has 1 heterocycles. The number of hydrogen-bond acceptors (Lipinski definition) is 5. The van der Waals surface area contributed by atoms with Gasteiger partial charge in [-0.15, -0.1) is 11.8 Å². The fourth-order valence-electron chi connectivity index (χ4n) is 1.20. The minimum absolute atomic E-state index is 0.485. The summed E-state index contributed by atoms with van der Waals surface area (Å²) in [7, 11) is 0. The lowest BCUT2D eigenvalue weighted by Crippen LogP contribution is -1.93. The Labute approximate surface area is 97.7 Å². The van der Waals surface area contributed by atoms with Crippen LogP contribution in [0, 0.1) is 0 Å². The predicted octanol–water partition coefficient (Wildman–Crippen LogP) is 2.71. The van der Waals surface area contributed by atoms with E-state index in [9.17, 15) is 0 Å².